The summed E-state index contributed by atoms with van der Waals surface area (Å²) in [6.07, 6.45) is 5.39. The highest BCUT2D eigenvalue weighted by atomic mass is 32.2. The van der Waals surface area contributed by atoms with Gasteiger partial charge in [-0.05, 0) is 30.5 Å². The Morgan fingerprint density at radius 3 is 2.95 bits per heavy atom. The molecule has 0 aromatic heterocycles. The molecule has 2 atom stereocenters. The minimum atomic E-state index is 0.713. The van der Waals surface area contributed by atoms with Crippen LogP contribution in [0.1, 0.15) is 51.0 Å². The van der Waals surface area contributed by atoms with Crippen molar-refractivity contribution in [2.24, 2.45) is 5.92 Å². The zero-order valence-electron chi connectivity index (χ0n) is 12.3. The SMILES string of the molecule is CCCCC(CC)CNCC1CSc2ccccc21. The molecule has 19 heavy (non-hydrogen) atoms. The first-order chi connectivity index (χ1) is 9.35. The topological polar surface area (TPSA) is 12.0 Å². The van der Waals surface area contributed by atoms with Crippen LogP contribution in [0.2, 0.25) is 0 Å². The number of hydrogen-bond donors (Lipinski definition) is 1. The van der Waals surface area contributed by atoms with E-state index in [1.54, 1.807) is 5.56 Å². The number of fused-ring (bicyclic) bond motifs is 1. The molecule has 2 heteroatoms. The minimum absolute atomic E-state index is 0.713. The summed E-state index contributed by atoms with van der Waals surface area (Å²) in [5, 5.41) is 3.71. The lowest BCUT2D eigenvalue weighted by molar-refractivity contribution is 0.415. The van der Waals surface area contributed by atoms with Crippen molar-refractivity contribution in [3.8, 4) is 0 Å². The predicted octanol–water partition coefficient (Wildman–Crippen LogP) is 4.68. The van der Waals surface area contributed by atoms with E-state index in [2.05, 4.69) is 43.4 Å². The summed E-state index contributed by atoms with van der Waals surface area (Å²) >= 11 is 2.01. The molecular formula is C17H27NS. The average molecular weight is 277 g/mol. The van der Waals surface area contributed by atoms with Crippen LogP contribution in [0.15, 0.2) is 29.2 Å². The van der Waals surface area contributed by atoms with Crippen molar-refractivity contribution in [2.45, 2.75) is 50.3 Å². The van der Waals surface area contributed by atoms with Gasteiger partial charge in [0.25, 0.3) is 0 Å². The lowest BCUT2D eigenvalue weighted by atomic mass is 9.98. The zero-order valence-corrected chi connectivity index (χ0v) is 13.1. The lowest BCUT2D eigenvalue weighted by Crippen LogP contribution is -2.27. The fourth-order valence-corrected chi connectivity index (χ4v) is 4.06. The van der Waals surface area contributed by atoms with E-state index in [1.807, 2.05) is 11.8 Å². The first-order valence-corrected chi connectivity index (χ1v) is 8.76. The maximum atomic E-state index is 3.71. The molecule has 1 aliphatic rings. The van der Waals surface area contributed by atoms with E-state index in [1.165, 1.54) is 42.9 Å². The number of hydrogen-bond acceptors (Lipinski definition) is 2. The van der Waals surface area contributed by atoms with Crippen LogP contribution in [0.4, 0.5) is 0 Å². The molecule has 0 spiro atoms. The molecule has 0 bridgehead atoms. The second kappa shape index (κ2) is 7.96. The highest BCUT2D eigenvalue weighted by Gasteiger charge is 2.22. The van der Waals surface area contributed by atoms with Crippen LogP contribution in [0.5, 0.6) is 0 Å². The predicted molar refractivity (Wildman–Crippen MR) is 86.1 cm³/mol. The number of benzene rings is 1. The molecule has 0 amide bonds. The van der Waals surface area contributed by atoms with Gasteiger partial charge in [-0.15, -0.1) is 11.8 Å². The van der Waals surface area contributed by atoms with Crippen molar-refractivity contribution in [2.75, 3.05) is 18.8 Å². The van der Waals surface area contributed by atoms with Crippen molar-refractivity contribution in [1.29, 1.82) is 0 Å². The molecule has 0 fully saturated rings. The van der Waals surface area contributed by atoms with E-state index in [0.717, 1.165) is 12.5 Å². The van der Waals surface area contributed by atoms with Crippen LogP contribution in [0.3, 0.4) is 0 Å². The molecule has 0 aliphatic carbocycles. The van der Waals surface area contributed by atoms with Crippen molar-refractivity contribution in [1.82, 2.24) is 5.32 Å². The number of nitrogens with one attached hydrogen (secondary N) is 1. The quantitative estimate of drug-likeness (QED) is 0.740. The normalized spacial score (nSPS) is 19.4. The van der Waals surface area contributed by atoms with E-state index in [-0.39, 0.29) is 0 Å². The van der Waals surface area contributed by atoms with Gasteiger partial charge >= 0.3 is 0 Å². The Balaban J connectivity index is 1.74. The third kappa shape index (κ3) is 4.25. The Labute approximate surface area is 122 Å². The second-order valence-corrected chi connectivity index (χ2v) is 6.68. The molecule has 1 aliphatic heterocycles. The van der Waals surface area contributed by atoms with Crippen molar-refractivity contribution < 1.29 is 0 Å². The fourth-order valence-electron chi connectivity index (χ4n) is 2.80. The minimum Gasteiger partial charge on any atom is -0.316 e. The smallest absolute Gasteiger partial charge is 0.0108 e. The maximum Gasteiger partial charge on any atom is 0.0108 e. The van der Waals surface area contributed by atoms with Crippen LogP contribution >= 0.6 is 11.8 Å². The van der Waals surface area contributed by atoms with Crippen LogP contribution in [0, 0.1) is 5.92 Å². The van der Waals surface area contributed by atoms with Gasteiger partial charge in [-0.25, -0.2) is 0 Å². The molecule has 106 valence electrons. The standard InChI is InChI=1S/C17H27NS/c1-3-5-8-14(4-2)11-18-12-15-13-19-17-10-7-6-9-16(15)17/h6-7,9-10,14-15,18H,3-5,8,11-13H2,1-2H3. The van der Waals surface area contributed by atoms with Crippen molar-refractivity contribution >= 4 is 11.8 Å². The van der Waals surface area contributed by atoms with Crippen LogP contribution in [-0.4, -0.2) is 18.8 Å². The van der Waals surface area contributed by atoms with E-state index in [0.29, 0.717) is 5.92 Å². The molecule has 2 unspecified atom stereocenters. The summed E-state index contributed by atoms with van der Waals surface area (Å²) in [6, 6.07) is 8.89. The van der Waals surface area contributed by atoms with Gasteiger partial charge in [0.2, 0.25) is 0 Å². The first-order valence-electron chi connectivity index (χ1n) is 7.77. The summed E-state index contributed by atoms with van der Waals surface area (Å²) in [6.45, 7) is 6.95. The van der Waals surface area contributed by atoms with Gasteiger partial charge in [-0.3, -0.25) is 0 Å². The fraction of sp³-hybridized carbons (Fsp3) is 0.647. The highest BCUT2D eigenvalue weighted by molar-refractivity contribution is 7.99. The molecule has 0 saturated heterocycles. The summed E-state index contributed by atoms with van der Waals surface area (Å²) in [5.74, 6) is 2.83. The van der Waals surface area contributed by atoms with Crippen LogP contribution < -0.4 is 5.32 Å². The van der Waals surface area contributed by atoms with Crippen LogP contribution in [-0.2, 0) is 0 Å². The average Bonchev–Trinajstić information content (AvgIpc) is 2.86. The summed E-state index contributed by atoms with van der Waals surface area (Å²) in [5.41, 5.74) is 1.56. The Morgan fingerprint density at radius 2 is 2.16 bits per heavy atom. The van der Waals surface area contributed by atoms with Gasteiger partial charge < -0.3 is 5.32 Å². The van der Waals surface area contributed by atoms with Gasteiger partial charge in [-0.1, -0.05) is 51.3 Å². The van der Waals surface area contributed by atoms with Gasteiger partial charge in [0.05, 0.1) is 0 Å². The Bertz CT molecular complexity index is 377. The summed E-state index contributed by atoms with van der Waals surface area (Å²) in [7, 11) is 0. The molecule has 1 nitrogen and oxygen atoms in total. The molecule has 1 aromatic rings. The summed E-state index contributed by atoms with van der Waals surface area (Å²) < 4.78 is 0. The largest absolute Gasteiger partial charge is 0.316 e. The van der Waals surface area contributed by atoms with Crippen LogP contribution in [0.25, 0.3) is 0 Å². The van der Waals surface area contributed by atoms with Gasteiger partial charge in [0.1, 0.15) is 0 Å². The van der Waals surface area contributed by atoms with E-state index in [9.17, 15) is 0 Å². The Kier molecular flexibility index (Phi) is 6.25. The maximum absolute atomic E-state index is 3.71. The van der Waals surface area contributed by atoms with Gasteiger partial charge in [0.15, 0.2) is 0 Å². The molecule has 0 saturated carbocycles. The Hall–Kier alpha value is -0.470. The third-order valence-electron chi connectivity index (χ3n) is 4.17. The van der Waals surface area contributed by atoms with E-state index >= 15 is 0 Å². The molecule has 1 N–H and O–H groups in total. The van der Waals surface area contributed by atoms with Gasteiger partial charge in [-0.2, -0.15) is 0 Å². The van der Waals surface area contributed by atoms with Gasteiger partial charge in [0, 0.05) is 23.1 Å². The van der Waals surface area contributed by atoms with E-state index in [4.69, 9.17) is 0 Å². The molecular weight excluding hydrogens is 250 g/mol. The number of thioether (sulfide) groups is 1. The third-order valence-corrected chi connectivity index (χ3v) is 5.42. The first kappa shape index (κ1) is 14.9. The number of rotatable bonds is 8. The molecule has 2 rings (SSSR count). The molecule has 0 radical (unpaired) electrons. The van der Waals surface area contributed by atoms with E-state index < -0.39 is 0 Å². The Morgan fingerprint density at radius 1 is 1.32 bits per heavy atom. The lowest BCUT2D eigenvalue weighted by Gasteiger charge is -2.17. The zero-order chi connectivity index (χ0) is 13.5. The van der Waals surface area contributed by atoms with Crippen molar-refractivity contribution in [3.63, 3.8) is 0 Å². The van der Waals surface area contributed by atoms with Crippen molar-refractivity contribution in [3.05, 3.63) is 29.8 Å². The molecule has 1 aromatic carbocycles. The molecule has 1 heterocycles. The number of unbranched alkanes of at least 4 members (excludes halogenated alkanes) is 1. The second-order valence-electron chi connectivity index (χ2n) is 5.62. The highest BCUT2D eigenvalue weighted by Crippen LogP contribution is 2.38. The summed E-state index contributed by atoms with van der Waals surface area (Å²) in [4.78, 5) is 1.49. The monoisotopic (exact) mass is 277 g/mol.